The third-order valence-corrected chi connectivity index (χ3v) is 11.6. The molecule has 4 aromatic rings. The summed E-state index contributed by atoms with van der Waals surface area (Å²) in [5.74, 6) is 0.0392. The molecule has 4 aromatic carbocycles. The second kappa shape index (κ2) is 16.8. The van der Waals surface area contributed by atoms with E-state index in [1.807, 2.05) is 44.2 Å². The number of fused-ring (bicyclic) bond motifs is 1. The van der Waals surface area contributed by atoms with Crippen molar-refractivity contribution in [3.8, 4) is 5.75 Å². The molecule has 0 radical (unpaired) electrons. The van der Waals surface area contributed by atoms with E-state index in [-0.39, 0.29) is 23.3 Å². The molecule has 0 bridgehead atoms. The Morgan fingerprint density at radius 1 is 0.882 bits per heavy atom. The van der Waals surface area contributed by atoms with E-state index in [1.165, 1.54) is 24.8 Å². The highest BCUT2D eigenvalue weighted by atomic mass is 32.2. The third-order valence-electron chi connectivity index (χ3n) is 10.2. The zero-order valence-electron chi connectivity index (χ0n) is 30.6. The van der Waals surface area contributed by atoms with Crippen molar-refractivity contribution >= 4 is 32.6 Å². The molecule has 0 aliphatic carbocycles. The van der Waals surface area contributed by atoms with E-state index in [4.69, 9.17) is 4.74 Å². The van der Waals surface area contributed by atoms with Crippen LogP contribution in [0.15, 0.2) is 95.9 Å². The molecule has 1 aliphatic heterocycles. The van der Waals surface area contributed by atoms with E-state index in [2.05, 4.69) is 40.9 Å². The Hall–Kier alpha value is -4.25. The summed E-state index contributed by atoms with van der Waals surface area (Å²) in [6.45, 7) is 9.32. The molecule has 5 rings (SSSR count). The van der Waals surface area contributed by atoms with Gasteiger partial charge in [-0.05, 0) is 92.3 Å². The van der Waals surface area contributed by atoms with Crippen LogP contribution in [0.4, 0.5) is 0 Å². The fourth-order valence-corrected chi connectivity index (χ4v) is 8.08. The lowest BCUT2D eigenvalue weighted by Crippen LogP contribution is -2.50. The molecule has 272 valence electrons. The van der Waals surface area contributed by atoms with Gasteiger partial charge in [-0.2, -0.15) is 0 Å². The average Bonchev–Trinajstić information content (AvgIpc) is 3.12. The number of hydrogen-bond acceptors (Lipinski definition) is 6. The maximum atomic E-state index is 13.8. The summed E-state index contributed by atoms with van der Waals surface area (Å²) in [6.07, 6.45) is 3.79. The monoisotopic (exact) mass is 712 g/mol. The summed E-state index contributed by atoms with van der Waals surface area (Å²) in [4.78, 5) is 31.8. The van der Waals surface area contributed by atoms with Crippen LogP contribution in [-0.4, -0.2) is 68.4 Å². The second-order valence-electron chi connectivity index (χ2n) is 14.1. The van der Waals surface area contributed by atoms with Crippen LogP contribution in [0.3, 0.4) is 0 Å². The van der Waals surface area contributed by atoms with Gasteiger partial charge in [0.15, 0.2) is 0 Å². The number of methoxy groups -OCH3 is 1. The van der Waals surface area contributed by atoms with Crippen molar-refractivity contribution in [1.82, 2.24) is 19.8 Å². The zero-order chi connectivity index (χ0) is 36.7. The zero-order valence-corrected chi connectivity index (χ0v) is 31.5. The number of likely N-dealkylation sites (N-methyl/N-ethyl adjacent to an activating group) is 1. The van der Waals surface area contributed by atoms with Crippen LogP contribution in [0.2, 0.25) is 0 Å². The van der Waals surface area contributed by atoms with Crippen molar-refractivity contribution in [1.29, 1.82) is 0 Å². The molecule has 2 unspecified atom stereocenters. The Morgan fingerprint density at radius 3 is 2.16 bits per heavy atom. The molecule has 0 spiro atoms. The number of ether oxygens (including phenoxy) is 1. The molecule has 4 atom stereocenters. The molecule has 2 N–H and O–H groups in total. The van der Waals surface area contributed by atoms with Crippen LogP contribution >= 0.6 is 0 Å². The van der Waals surface area contributed by atoms with E-state index < -0.39 is 28.0 Å². The number of likely N-dealkylation sites (tertiary alicyclic amines) is 1. The van der Waals surface area contributed by atoms with E-state index in [1.54, 1.807) is 67.6 Å². The van der Waals surface area contributed by atoms with Gasteiger partial charge >= 0.3 is 0 Å². The van der Waals surface area contributed by atoms with Gasteiger partial charge in [0.25, 0.3) is 0 Å². The number of rotatable bonds is 14. The number of amides is 2. The Balaban J connectivity index is 1.33. The first-order valence-electron chi connectivity index (χ1n) is 17.9. The number of nitrogens with one attached hydrogen (secondary N) is 2. The lowest BCUT2D eigenvalue weighted by atomic mass is 9.96. The first-order chi connectivity index (χ1) is 24.3. The minimum absolute atomic E-state index is 0.0697. The number of hydrogen-bond donors (Lipinski definition) is 2. The van der Waals surface area contributed by atoms with Gasteiger partial charge in [0.05, 0.1) is 18.0 Å². The molecule has 1 saturated heterocycles. The highest BCUT2D eigenvalue weighted by Gasteiger charge is 2.29. The molecule has 0 aromatic heterocycles. The maximum absolute atomic E-state index is 13.8. The molecular formula is C41H52N4O5S. The quantitative estimate of drug-likeness (QED) is 0.152. The maximum Gasteiger partial charge on any atom is 0.245 e. The molecule has 51 heavy (non-hydrogen) atoms. The fraction of sp³-hybridized carbons (Fsp3) is 0.415. The third kappa shape index (κ3) is 9.75. The van der Waals surface area contributed by atoms with Crippen molar-refractivity contribution < 1.29 is 22.7 Å². The average molecular weight is 713 g/mol. The van der Waals surface area contributed by atoms with Gasteiger partial charge in [-0.15, -0.1) is 0 Å². The SMILES string of the molecule is COc1ccc2cc(S(=O)(=O)NC(CC(=O)NC(Cc3ccc(CN4[C@H](C)CCC[C@@H]4C)cc3)C(=O)N(C)C(C)C)c3ccccc3)ccc2c1. The van der Waals surface area contributed by atoms with Gasteiger partial charge in [0.2, 0.25) is 21.8 Å². The number of carbonyl (C=O) groups excluding carboxylic acids is 2. The standard InChI is InChI=1S/C41H52N4O5S/c1-28(2)44(5)41(47)39(23-31-15-17-32(18-16-31)27-45-29(3)11-10-12-30(45)4)42-40(46)26-38(33-13-8-7-9-14-33)43-51(48,49)37-22-20-34-24-36(50-6)21-19-35(34)25-37/h7-9,13-22,24-25,28-30,38-39,43H,10-12,23,26-27H2,1-6H3,(H,42,46)/t29-,30+,38?,39?. The van der Waals surface area contributed by atoms with Crippen LogP contribution in [0.5, 0.6) is 5.75 Å². The van der Waals surface area contributed by atoms with E-state index >= 15 is 0 Å². The minimum atomic E-state index is -4.04. The Labute approximate surface area is 303 Å². The van der Waals surface area contributed by atoms with Crippen LogP contribution < -0.4 is 14.8 Å². The molecule has 0 saturated carbocycles. The van der Waals surface area contributed by atoms with E-state index in [0.29, 0.717) is 29.8 Å². The summed E-state index contributed by atoms with van der Waals surface area (Å²) in [7, 11) is -0.725. The largest absolute Gasteiger partial charge is 0.497 e. The second-order valence-corrected chi connectivity index (χ2v) is 15.9. The van der Waals surface area contributed by atoms with Gasteiger partial charge in [0, 0.05) is 44.6 Å². The summed E-state index contributed by atoms with van der Waals surface area (Å²) >= 11 is 0. The normalized spacial score (nSPS) is 17.9. The Kier molecular flexibility index (Phi) is 12.5. The first kappa shape index (κ1) is 38.0. The van der Waals surface area contributed by atoms with Gasteiger partial charge in [0.1, 0.15) is 11.8 Å². The number of sulfonamides is 1. The van der Waals surface area contributed by atoms with Crippen molar-refractivity contribution in [2.75, 3.05) is 14.2 Å². The summed E-state index contributed by atoms with van der Waals surface area (Å²) in [5, 5.41) is 4.55. The lowest BCUT2D eigenvalue weighted by Gasteiger charge is -2.39. The topological polar surface area (TPSA) is 108 Å². The highest BCUT2D eigenvalue weighted by Crippen LogP contribution is 2.27. The van der Waals surface area contributed by atoms with Crippen molar-refractivity contribution in [2.24, 2.45) is 0 Å². The molecule has 1 heterocycles. The number of piperidine rings is 1. The predicted molar refractivity (Wildman–Crippen MR) is 203 cm³/mol. The molecular weight excluding hydrogens is 661 g/mol. The molecule has 10 heteroatoms. The number of carbonyl (C=O) groups is 2. The summed E-state index contributed by atoms with van der Waals surface area (Å²) < 4.78 is 35.6. The first-order valence-corrected chi connectivity index (χ1v) is 19.4. The van der Waals surface area contributed by atoms with Gasteiger partial charge in [-0.1, -0.05) is 73.2 Å². The van der Waals surface area contributed by atoms with Gasteiger partial charge in [-0.3, -0.25) is 14.5 Å². The number of nitrogens with zero attached hydrogens (tertiary/aromatic N) is 2. The van der Waals surface area contributed by atoms with Crippen LogP contribution in [0.1, 0.15) is 76.1 Å². The van der Waals surface area contributed by atoms with Crippen molar-refractivity contribution in [2.45, 2.75) is 101 Å². The Morgan fingerprint density at radius 2 is 1.51 bits per heavy atom. The van der Waals surface area contributed by atoms with Crippen LogP contribution in [0.25, 0.3) is 10.8 Å². The van der Waals surface area contributed by atoms with Crippen LogP contribution in [0, 0.1) is 0 Å². The molecule has 2 amide bonds. The lowest BCUT2D eigenvalue weighted by molar-refractivity contribution is -0.136. The van der Waals surface area contributed by atoms with E-state index in [9.17, 15) is 18.0 Å². The predicted octanol–water partition coefficient (Wildman–Crippen LogP) is 6.62. The fourth-order valence-electron chi connectivity index (χ4n) is 6.82. The summed E-state index contributed by atoms with van der Waals surface area (Å²) in [5.41, 5.74) is 2.79. The van der Waals surface area contributed by atoms with Crippen LogP contribution in [-0.2, 0) is 32.6 Å². The highest BCUT2D eigenvalue weighted by molar-refractivity contribution is 7.89. The molecule has 1 aliphatic rings. The van der Waals surface area contributed by atoms with Crippen molar-refractivity contribution in [3.63, 3.8) is 0 Å². The van der Waals surface area contributed by atoms with Gasteiger partial charge in [-0.25, -0.2) is 13.1 Å². The van der Waals surface area contributed by atoms with E-state index in [0.717, 1.165) is 22.9 Å². The van der Waals surface area contributed by atoms with Crippen molar-refractivity contribution in [3.05, 3.63) is 108 Å². The minimum Gasteiger partial charge on any atom is -0.497 e. The molecule has 9 nitrogen and oxygen atoms in total. The summed E-state index contributed by atoms with van der Waals surface area (Å²) in [6, 6.07) is 26.9. The smallest absolute Gasteiger partial charge is 0.245 e. The Bertz CT molecular complexity index is 1890. The molecule has 1 fully saturated rings. The van der Waals surface area contributed by atoms with Gasteiger partial charge < -0.3 is 15.0 Å². The number of benzene rings is 4.